The normalized spacial score (nSPS) is 13.6. The molecule has 0 aliphatic carbocycles. The highest BCUT2D eigenvalue weighted by molar-refractivity contribution is 6.73. The van der Waals surface area contributed by atoms with Crippen LogP contribution in [0.3, 0.4) is 0 Å². The molecule has 0 aliphatic heterocycles. The number of carbonyl (C=O) groups excluding carboxylic acids is 1. The van der Waals surface area contributed by atoms with E-state index in [2.05, 4.69) is 5.32 Å². The van der Waals surface area contributed by atoms with E-state index in [-0.39, 0.29) is 23.8 Å². The van der Waals surface area contributed by atoms with Gasteiger partial charge in [-0.25, -0.2) is 0 Å². The molecule has 0 aromatic heterocycles. The summed E-state index contributed by atoms with van der Waals surface area (Å²) in [4.78, 5) is 11.0. The Morgan fingerprint density at radius 1 is 0.926 bits per heavy atom. The van der Waals surface area contributed by atoms with Gasteiger partial charge in [0.2, 0.25) is 5.91 Å². The number of halogens is 6. The average molecular weight is 415 g/mol. The molecule has 0 saturated carbocycles. The van der Waals surface area contributed by atoms with E-state index in [0.29, 0.717) is 12.1 Å². The number of hydrogen-bond acceptors (Lipinski definition) is 2. The van der Waals surface area contributed by atoms with Crippen molar-refractivity contribution in [3.63, 3.8) is 0 Å². The highest BCUT2D eigenvalue weighted by Gasteiger charge is 2.74. The number of carbonyl (C=O) groups is 1. The van der Waals surface area contributed by atoms with Crippen molar-refractivity contribution in [3.05, 3.63) is 29.8 Å². The summed E-state index contributed by atoms with van der Waals surface area (Å²) in [5.41, 5.74) is -5.37. The van der Waals surface area contributed by atoms with Gasteiger partial charge in [0.1, 0.15) is 0 Å². The standard InChI is InChI=1S/C17H23F6NO2Si/c1-5-27(6-2,7-3)26-15(16(18,19)20,17(21,22)23)13-8-10-14(11-9-13)24-12(4)25/h8-11H,5-7H2,1-4H3,(H,24,25). The molecule has 0 spiro atoms. The third kappa shape index (κ3) is 4.65. The molecule has 0 bridgehead atoms. The summed E-state index contributed by atoms with van der Waals surface area (Å²) < 4.78 is 88.6. The fourth-order valence-corrected chi connectivity index (χ4v) is 5.88. The first-order chi connectivity index (χ1) is 12.3. The monoisotopic (exact) mass is 415 g/mol. The van der Waals surface area contributed by atoms with Crippen LogP contribution in [0.1, 0.15) is 33.3 Å². The molecule has 3 nitrogen and oxygen atoms in total. The topological polar surface area (TPSA) is 38.3 Å². The van der Waals surface area contributed by atoms with Gasteiger partial charge in [-0.2, -0.15) is 26.3 Å². The number of nitrogens with one attached hydrogen (secondary N) is 1. The first kappa shape index (κ1) is 23.5. The van der Waals surface area contributed by atoms with Crippen LogP contribution in [0.2, 0.25) is 18.1 Å². The van der Waals surface area contributed by atoms with Gasteiger partial charge in [-0.1, -0.05) is 32.9 Å². The lowest BCUT2D eigenvalue weighted by molar-refractivity contribution is -0.369. The first-order valence-electron chi connectivity index (χ1n) is 8.50. The van der Waals surface area contributed by atoms with E-state index in [1.54, 1.807) is 20.8 Å². The molecule has 1 amide bonds. The third-order valence-corrected chi connectivity index (χ3v) is 9.32. The number of hydrogen-bond donors (Lipinski definition) is 1. The van der Waals surface area contributed by atoms with Gasteiger partial charge in [0.15, 0.2) is 8.32 Å². The predicted molar refractivity (Wildman–Crippen MR) is 92.8 cm³/mol. The van der Waals surface area contributed by atoms with Gasteiger partial charge in [0.05, 0.1) is 0 Å². The Labute approximate surface area is 155 Å². The zero-order valence-electron chi connectivity index (χ0n) is 15.5. The van der Waals surface area contributed by atoms with E-state index in [1.165, 1.54) is 6.92 Å². The molecule has 1 aromatic carbocycles. The van der Waals surface area contributed by atoms with Crippen LogP contribution in [0.25, 0.3) is 0 Å². The smallest absolute Gasteiger partial charge is 0.393 e. The summed E-state index contributed by atoms with van der Waals surface area (Å²) in [6.07, 6.45) is -11.4. The lowest BCUT2D eigenvalue weighted by Crippen LogP contribution is -2.61. The lowest BCUT2D eigenvalue weighted by Gasteiger charge is -2.44. The van der Waals surface area contributed by atoms with E-state index >= 15 is 0 Å². The number of amides is 1. The van der Waals surface area contributed by atoms with Crippen LogP contribution in [-0.2, 0) is 14.8 Å². The molecule has 1 aromatic rings. The number of alkyl halides is 6. The molecule has 1 N–H and O–H groups in total. The Bertz CT molecular complexity index is 616. The van der Waals surface area contributed by atoms with Gasteiger partial charge in [0.25, 0.3) is 5.60 Å². The molecule has 0 fully saturated rings. The van der Waals surface area contributed by atoms with Crippen molar-refractivity contribution in [2.45, 2.75) is 63.8 Å². The molecule has 10 heteroatoms. The molecular weight excluding hydrogens is 392 g/mol. The fraction of sp³-hybridized carbons (Fsp3) is 0.588. The summed E-state index contributed by atoms with van der Waals surface area (Å²) in [5, 5.41) is 2.31. The molecule has 0 saturated heterocycles. The zero-order chi connectivity index (χ0) is 21.1. The highest BCUT2D eigenvalue weighted by Crippen LogP contribution is 2.55. The summed E-state index contributed by atoms with van der Waals surface area (Å²) in [6, 6.07) is 3.77. The van der Waals surface area contributed by atoms with Gasteiger partial charge in [-0.05, 0) is 30.3 Å². The molecular formula is C17H23F6NO2Si. The third-order valence-electron chi connectivity index (χ3n) is 4.71. The maximum absolute atomic E-state index is 13.9. The van der Waals surface area contributed by atoms with Crippen molar-refractivity contribution in [2.24, 2.45) is 0 Å². The van der Waals surface area contributed by atoms with Gasteiger partial charge in [-0.3, -0.25) is 4.79 Å². The van der Waals surface area contributed by atoms with Crippen LogP contribution in [0.4, 0.5) is 32.0 Å². The van der Waals surface area contributed by atoms with Crippen molar-refractivity contribution in [2.75, 3.05) is 5.32 Å². The first-order valence-corrected chi connectivity index (χ1v) is 11.0. The molecule has 154 valence electrons. The molecule has 27 heavy (non-hydrogen) atoms. The number of benzene rings is 1. The van der Waals surface area contributed by atoms with Crippen molar-refractivity contribution < 1.29 is 35.6 Å². The summed E-state index contributed by atoms with van der Waals surface area (Å²) >= 11 is 0. The van der Waals surface area contributed by atoms with Gasteiger partial charge < -0.3 is 9.74 Å². The Kier molecular flexibility index (Phi) is 7.15. The Morgan fingerprint density at radius 2 is 1.33 bits per heavy atom. The van der Waals surface area contributed by atoms with Gasteiger partial charge in [-0.15, -0.1) is 0 Å². The summed E-state index contributed by atoms with van der Waals surface area (Å²) in [7, 11) is -3.30. The van der Waals surface area contributed by atoms with E-state index in [1.807, 2.05) is 0 Å². The fourth-order valence-electron chi connectivity index (χ4n) is 2.95. The van der Waals surface area contributed by atoms with Crippen molar-refractivity contribution in [1.29, 1.82) is 0 Å². The van der Waals surface area contributed by atoms with Crippen LogP contribution in [-0.4, -0.2) is 26.6 Å². The van der Waals surface area contributed by atoms with Crippen LogP contribution < -0.4 is 5.32 Å². The van der Waals surface area contributed by atoms with Crippen LogP contribution in [0, 0.1) is 0 Å². The second kappa shape index (κ2) is 8.22. The minimum Gasteiger partial charge on any atom is -0.393 e. The zero-order valence-corrected chi connectivity index (χ0v) is 16.5. The largest absolute Gasteiger partial charge is 0.429 e. The molecule has 0 heterocycles. The number of anilines is 1. The average Bonchev–Trinajstić information content (AvgIpc) is 2.55. The van der Waals surface area contributed by atoms with Crippen molar-refractivity contribution >= 4 is 19.9 Å². The maximum Gasteiger partial charge on any atom is 0.429 e. The minimum absolute atomic E-state index is 0.0921. The van der Waals surface area contributed by atoms with Crippen LogP contribution in [0.5, 0.6) is 0 Å². The highest BCUT2D eigenvalue weighted by atomic mass is 28.4. The van der Waals surface area contributed by atoms with Gasteiger partial charge in [0, 0.05) is 18.2 Å². The van der Waals surface area contributed by atoms with Crippen LogP contribution in [0.15, 0.2) is 24.3 Å². The predicted octanol–water partition coefficient (Wildman–Crippen LogP) is 5.99. The molecule has 0 atom stereocenters. The molecule has 0 aliphatic rings. The van der Waals surface area contributed by atoms with E-state index < -0.39 is 37.7 Å². The summed E-state index contributed by atoms with van der Waals surface area (Å²) in [5.74, 6) is -0.494. The van der Waals surface area contributed by atoms with E-state index in [9.17, 15) is 31.1 Å². The van der Waals surface area contributed by atoms with Crippen molar-refractivity contribution in [1.82, 2.24) is 0 Å². The van der Waals surface area contributed by atoms with Crippen LogP contribution >= 0.6 is 0 Å². The Balaban J connectivity index is 3.65. The van der Waals surface area contributed by atoms with E-state index in [4.69, 9.17) is 4.43 Å². The quantitative estimate of drug-likeness (QED) is 0.439. The SMILES string of the molecule is CC[Si](CC)(CC)OC(c1ccc(NC(C)=O)cc1)(C(F)(F)F)C(F)(F)F. The molecule has 0 unspecified atom stereocenters. The Morgan fingerprint density at radius 3 is 1.63 bits per heavy atom. The second-order valence-electron chi connectivity index (χ2n) is 6.28. The maximum atomic E-state index is 13.9. The van der Waals surface area contributed by atoms with E-state index in [0.717, 1.165) is 12.1 Å². The lowest BCUT2D eigenvalue weighted by atomic mass is 9.92. The Hall–Kier alpha value is -1.55. The number of rotatable bonds is 7. The molecule has 1 rings (SSSR count). The second-order valence-corrected chi connectivity index (χ2v) is 11.0. The summed E-state index contributed by atoms with van der Waals surface area (Å²) in [6.45, 7) is 5.83. The molecule has 0 radical (unpaired) electrons. The minimum atomic E-state index is -5.71. The van der Waals surface area contributed by atoms with Gasteiger partial charge >= 0.3 is 12.4 Å². The van der Waals surface area contributed by atoms with Crippen molar-refractivity contribution in [3.8, 4) is 0 Å².